The van der Waals surface area contributed by atoms with Crippen molar-refractivity contribution in [3.05, 3.63) is 0 Å². The van der Waals surface area contributed by atoms with Crippen LogP contribution < -0.4 is 5.73 Å². The van der Waals surface area contributed by atoms with Crippen LogP contribution in [0.3, 0.4) is 0 Å². The third-order valence-corrected chi connectivity index (χ3v) is 2.45. The fraction of sp³-hybridized carbons (Fsp3) is 0.917. The van der Waals surface area contributed by atoms with Crippen LogP contribution in [0.25, 0.3) is 0 Å². The maximum atomic E-state index is 7.23. The summed E-state index contributed by atoms with van der Waals surface area (Å²) in [5, 5.41) is 7.23. The lowest BCUT2D eigenvalue weighted by Gasteiger charge is -2.24. The summed E-state index contributed by atoms with van der Waals surface area (Å²) in [5.41, 5.74) is 5.34. The number of amidine groups is 1. The molecule has 0 saturated heterocycles. The largest absolute Gasteiger partial charge is 0.385 e. The number of ether oxygens (including phenoxy) is 2. The van der Waals surface area contributed by atoms with Crippen molar-refractivity contribution in [1.29, 1.82) is 5.41 Å². The molecular formula is C12H27N3O2. The van der Waals surface area contributed by atoms with Gasteiger partial charge in [-0.3, -0.25) is 10.3 Å². The number of hydrogen-bond acceptors (Lipinski definition) is 4. The van der Waals surface area contributed by atoms with Crippen molar-refractivity contribution < 1.29 is 9.47 Å². The molecule has 0 aromatic carbocycles. The monoisotopic (exact) mass is 245 g/mol. The lowest BCUT2D eigenvalue weighted by molar-refractivity contribution is 0.0687. The fourth-order valence-corrected chi connectivity index (χ4v) is 1.48. The van der Waals surface area contributed by atoms with Crippen molar-refractivity contribution in [3.8, 4) is 0 Å². The Kier molecular flexibility index (Phi) is 9.03. The first-order valence-corrected chi connectivity index (χ1v) is 6.14. The first-order valence-electron chi connectivity index (χ1n) is 6.14. The average molecular weight is 245 g/mol. The first-order chi connectivity index (χ1) is 7.97. The van der Waals surface area contributed by atoms with E-state index in [1.165, 1.54) is 0 Å². The highest BCUT2D eigenvalue weighted by Gasteiger charge is 2.09. The van der Waals surface area contributed by atoms with Crippen LogP contribution >= 0.6 is 0 Å². The van der Waals surface area contributed by atoms with Crippen molar-refractivity contribution in [1.82, 2.24) is 4.90 Å². The van der Waals surface area contributed by atoms with Gasteiger partial charge in [0.15, 0.2) is 0 Å². The van der Waals surface area contributed by atoms with E-state index in [4.69, 9.17) is 20.6 Å². The van der Waals surface area contributed by atoms with Crippen molar-refractivity contribution in [3.63, 3.8) is 0 Å². The normalized spacial score (nSPS) is 13.3. The van der Waals surface area contributed by atoms with Gasteiger partial charge in [0.25, 0.3) is 0 Å². The minimum atomic E-state index is -0.293. The summed E-state index contributed by atoms with van der Waals surface area (Å²) < 4.78 is 10.5. The highest BCUT2D eigenvalue weighted by molar-refractivity contribution is 5.81. The van der Waals surface area contributed by atoms with Crippen LogP contribution in [0.2, 0.25) is 0 Å². The van der Waals surface area contributed by atoms with Gasteiger partial charge >= 0.3 is 0 Å². The summed E-state index contributed by atoms with van der Waals surface area (Å²) in [5.74, 6) is 0.703. The highest BCUT2D eigenvalue weighted by atomic mass is 16.5. The summed E-state index contributed by atoms with van der Waals surface area (Å²) in [4.78, 5) is 2.31. The van der Waals surface area contributed by atoms with Gasteiger partial charge in [-0.05, 0) is 12.8 Å². The molecule has 0 heterocycles. The zero-order valence-corrected chi connectivity index (χ0v) is 11.5. The predicted molar refractivity (Wildman–Crippen MR) is 70.5 cm³/mol. The fourth-order valence-electron chi connectivity index (χ4n) is 1.48. The number of methoxy groups -OCH3 is 1. The molecule has 0 saturated carbocycles. The van der Waals surface area contributed by atoms with E-state index in [0.717, 1.165) is 26.2 Å². The topological polar surface area (TPSA) is 71.6 Å². The van der Waals surface area contributed by atoms with Gasteiger partial charge in [0.1, 0.15) is 11.9 Å². The lowest BCUT2D eigenvalue weighted by Crippen LogP contribution is -2.36. The zero-order valence-electron chi connectivity index (χ0n) is 11.5. The van der Waals surface area contributed by atoms with Crippen LogP contribution in [0.15, 0.2) is 0 Å². The van der Waals surface area contributed by atoms with Gasteiger partial charge in [-0.15, -0.1) is 0 Å². The van der Waals surface area contributed by atoms with Crippen LogP contribution in [-0.4, -0.2) is 56.8 Å². The van der Waals surface area contributed by atoms with Crippen LogP contribution in [0.4, 0.5) is 0 Å². The van der Waals surface area contributed by atoms with Crippen molar-refractivity contribution in [2.75, 3.05) is 40.0 Å². The first kappa shape index (κ1) is 16.4. The van der Waals surface area contributed by atoms with Gasteiger partial charge in [-0.25, -0.2) is 0 Å². The van der Waals surface area contributed by atoms with Crippen molar-refractivity contribution in [2.45, 2.75) is 26.9 Å². The molecule has 3 N–H and O–H groups in total. The summed E-state index contributed by atoms with van der Waals surface area (Å²) in [7, 11) is 1.71. The van der Waals surface area contributed by atoms with E-state index >= 15 is 0 Å². The molecule has 102 valence electrons. The molecule has 0 bridgehead atoms. The van der Waals surface area contributed by atoms with E-state index in [0.29, 0.717) is 12.5 Å². The van der Waals surface area contributed by atoms with E-state index in [1.807, 2.05) is 0 Å². The number of nitrogens with one attached hydrogen (secondary N) is 1. The quantitative estimate of drug-likeness (QED) is 0.444. The van der Waals surface area contributed by atoms with Gasteiger partial charge in [0.05, 0.1) is 13.2 Å². The molecule has 0 aliphatic carbocycles. The third kappa shape index (κ3) is 9.09. The third-order valence-electron chi connectivity index (χ3n) is 2.45. The minimum Gasteiger partial charge on any atom is -0.385 e. The Labute approximate surface area is 105 Å². The van der Waals surface area contributed by atoms with Crippen LogP contribution in [0.5, 0.6) is 0 Å². The smallest absolute Gasteiger partial charge is 0.120 e. The summed E-state index contributed by atoms with van der Waals surface area (Å²) >= 11 is 0. The number of rotatable bonds is 10. The second-order valence-electron chi connectivity index (χ2n) is 4.66. The Balaban J connectivity index is 3.85. The van der Waals surface area contributed by atoms with Crippen LogP contribution in [0.1, 0.15) is 20.8 Å². The van der Waals surface area contributed by atoms with E-state index < -0.39 is 0 Å². The Morgan fingerprint density at radius 1 is 1.24 bits per heavy atom. The molecule has 0 aliphatic rings. The van der Waals surface area contributed by atoms with E-state index in [1.54, 1.807) is 14.0 Å². The number of nitrogens with two attached hydrogens (primary N) is 1. The Bertz CT molecular complexity index is 210. The Morgan fingerprint density at radius 3 is 2.29 bits per heavy atom. The molecule has 0 amide bonds. The molecule has 1 atom stereocenters. The molecule has 1 unspecified atom stereocenters. The molecule has 0 rings (SSSR count). The second-order valence-corrected chi connectivity index (χ2v) is 4.66. The molecule has 0 spiro atoms. The average Bonchev–Trinajstić information content (AvgIpc) is 2.24. The molecule has 0 aliphatic heterocycles. The molecule has 0 aromatic rings. The second kappa shape index (κ2) is 9.39. The predicted octanol–water partition coefficient (Wildman–Crippen LogP) is 0.932. The molecule has 5 nitrogen and oxygen atoms in total. The maximum absolute atomic E-state index is 7.23. The standard InChI is InChI=1S/C12H27N3O2/c1-10(2)9-15(5-7-16-4)6-8-17-11(3)12(13)14/h10-11H,5-9H2,1-4H3,(H3,13,14). The maximum Gasteiger partial charge on any atom is 0.120 e. The number of hydrogen-bond donors (Lipinski definition) is 2. The van der Waals surface area contributed by atoms with E-state index in [-0.39, 0.29) is 11.9 Å². The van der Waals surface area contributed by atoms with Gasteiger partial charge in [0, 0.05) is 26.7 Å². The minimum absolute atomic E-state index is 0.0808. The molecular weight excluding hydrogens is 218 g/mol. The Morgan fingerprint density at radius 2 is 1.82 bits per heavy atom. The molecule has 0 fully saturated rings. The van der Waals surface area contributed by atoms with Crippen LogP contribution in [0, 0.1) is 11.3 Å². The summed E-state index contributed by atoms with van der Waals surface area (Å²) in [6.07, 6.45) is -0.293. The van der Waals surface area contributed by atoms with Gasteiger partial charge in [-0.2, -0.15) is 0 Å². The van der Waals surface area contributed by atoms with Gasteiger partial charge in [0.2, 0.25) is 0 Å². The van der Waals surface area contributed by atoms with E-state index in [9.17, 15) is 0 Å². The number of nitrogens with zero attached hydrogens (tertiary/aromatic N) is 1. The molecule has 5 heteroatoms. The van der Waals surface area contributed by atoms with Crippen molar-refractivity contribution in [2.24, 2.45) is 11.7 Å². The Hall–Kier alpha value is -0.650. The SMILES string of the molecule is COCCN(CCOC(C)C(=N)N)CC(C)C. The summed E-state index contributed by atoms with van der Waals surface area (Å²) in [6.45, 7) is 10.3. The molecule has 17 heavy (non-hydrogen) atoms. The van der Waals surface area contributed by atoms with Gasteiger partial charge in [-0.1, -0.05) is 13.8 Å². The molecule has 0 radical (unpaired) electrons. The van der Waals surface area contributed by atoms with E-state index in [2.05, 4.69) is 18.7 Å². The van der Waals surface area contributed by atoms with Gasteiger partial charge < -0.3 is 15.2 Å². The lowest BCUT2D eigenvalue weighted by atomic mass is 10.2. The molecule has 0 aromatic heterocycles. The zero-order chi connectivity index (χ0) is 13.3. The summed E-state index contributed by atoms with van der Waals surface area (Å²) in [6, 6.07) is 0. The van der Waals surface area contributed by atoms with Crippen molar-refractivity contribution >= 4 is 5.84 Å². The highest BCUT2D eigenvalue weighted by Crippen LogP contribution is 1.99. The van der Waals surface area contributed by atoms with Crippen LogP contribution in [-0.2, 0) is 9.47 Å².